The molecule has 1 N–H and O–H groups in total. The molecular weight excluding hydrogens is 242 g/mol. The van der Waals surface area contributed by atoms with Crippen molar-refractivity contribution in [1.82, 2.24) is 14.8 Å². The summed E-state index contributed by atoms with van der Waals surface area (Å²) in [6, 6.07) is 9.26. The second kappa shape index (κ2) is 4.88. The molecule has 0 radical (unpaired) electrons. The molecule has 4 heteroatoms. The quantitative estimate of drug-likeness (QED) is 0.915. The fourth-order valence-corrected chi connectivity index (χ4v) is 3.45. The van der Waals surface area contributed by atoms with Crippen molar-refractivity contribution < 1.29 is 0 Å². The Bertz CT molecular complexity index is 513. The number of hydrogen-bond donors (Lipinski definition) is 1. The van der Waals surface area contributed by atoms with E-state index < -0.39 is 0 Å². The molecule has 18 heavy (non-hydrogen) atoms. The Balaban J connectivity index is 1.95. The number of fused-ring (bicyclic) bond motifs is 1. The van der Waals surface area contributed by atoms with E-state index in [1.54, 1.807) is 0 Å². The standard InChI is InChI=1S/C14H19N3S/c1-16(2)10-11-5-6-12-14(13-4-3-9-18-13)15-7-8-17(11)12/h3-6,9,14-15H,7-8,10H2,1-2H3. The van der Waals surface area contributed by atoms with Crippen molar-refractivity contribution >= 4 is 11.3 Å². The van der Waals surface area contributed by atoms with Crippen LogP contribution >= 0.6 is 11.3 Å². The van der Waals surface area contributed by atoms with Crippen molar-refractivity contribution in [2.45, 2.75) is 19.1 Å². The Morgan fingerprint density at radius 1 is 1.39 bits per heavy atom. The summed E-state index contributed by atoms with van der Waals surface area (Å²) in [4.78, 5) is 3.63. The number of nitrogens with one attached hydrogen (secondary N) is 1. The topological polar surface area (TPSA) is 20.2 Å². The van der Waals surface area contributed by atoms with Gasteiger partial charge in [-0.15, -0.1) is 11.3 Å². The van der Waals surface area contributed by atoms with Crippen LogP contribution < -0.4 is 5.32 Å². The summed E-state index contributed by atoms with van der Waals surface area (Å²) in [6.07, 6.45) is 0. The van der Waals surface area contributed by atoms with Crippen molar-refractivity contribution in [2.75, 3.05) is 20.6 Å². The summed E-state index contributed by atoms with van der Waals surface area (Å²) >= 11 is 1.83. The summed E-state index contributed by atoms with van der Waals surface area (Å²) in [5.41, 5.74) is 2.82. The Morgan fingerprint density at radius 3 is 3.00 bits per heavy atom. The van der Waals surface area contributed by atoms with Gasteiger partial charge in [0.1, 0.15) is 0 Å². The third-order valence-corrected chi connectivity index (χ3v) is 4.33. The van der Waals surface area contributed by atoms with Gasteiger partial charge in [-0.3, -0.25) is 0 Å². The first-order valence-electron chi connectivity index (χ1n) is 6.35. The summed E-state index contributed by atoms with van der Waals surface area (Å²) < 4.78 is 2.47. The second-order valence-electron chi connectivity index (χ2n) is 5.04. The van der Waals surface area contributed by atoms with E-state index in [0.29, 0.717) is 6.04 Å². The smallest absolute Gasteiger partial charge is 0.0825 e. The Hall–Kier alpha value is -1.10. The molecule has 0 aliphatic carbocycles. The lowest BCUT2D eigenvalue weighted by Gasteiger charge is -2.27. The van der Waals surface area contributed by atoms with Crippen LogP contribution in [0.25, 0.3) is 0 Å². The van der Waals surface area contributed by atoms with Crippen LogP contribution in [0.15, 0.2) is 29.6 Å². The van der Waals surface area contributed by atoms with Gasteiger partial charge in [-0.25, -0.2) is 0 Å². The number of thiophene rings is 1. The van der Waals surface area contributed by atoms with Gasteiger partial charge in [0, 0.05) is 35.9 Å². The van der Waals surface area contributed by atoms with Crippen LogP contribution in [-0.2, 0) is 13.1 Å². The van der Waals surface area contributed by atoms with Gasteiger partial charge in [-0.05, 0) is 37.7 Å². The molecule has 0 fully saturated rings. The van der Waals surface area contributed by atoms with E-state index in [4.69, 9.17) is 0 Å². The van der Waals surface area contributed by atoms with Gasteiger partial charge in [0.2, 0.25) is 0 Å². The first-order chi connectivity index (χ1) is 8.75. The van der Waals surface area contributed by atoms with Crippen LogP contribution in [0.3, 0.4) is 0 Å². The molecule has 3 heterocycles. The van der Waals surface area contributed by atoms with Gasteiger partial charge >= 0.3 is 0 Å². The molecule has 1 aliphatic heterocycles. The van der Waals surface area contributed by atoms with Gasteiger partial charge in [-0.1, -0.05) is 6.07 Å². The van der Waals surface area contributed by atoms with E-state index in [1.165, 1.54) is 16.3 Å². The highest BCUT2D eigenvalue weighted by Crippen LogP contribution is 2.29. The Kier molecular flexibility index (Phi) is 3.24. The van der Waals surface area contributed by atoms with Gasteiger partial charge in [-0.2, -0.15) is 0 Å². The molecule has 0 saturated carbocycles. The minimum absolute atomic E-state index is 0.370. The minimum Gasteiger partial charge on any atom is -0.344 e. The van der Waals surface area contributed by atoms with E-state index >= 15 is 0 Å². The lowest BCUT2D eigenvalue weighted by Crippen LogP contribution is -2.34. The van der Waals surface area contributed by atoms with E-state index in [-0.39, 0.29) is 0 Å². The predicted octanol–water partition coefficient (Wildman–Crippen LogP) is 2.30. The van der Waals surface area contributed by atoms with Crippen LogP contribution in [0.2, 0.25) is 0 Å². The predicted molar refractivity (Wildman–Crippen MR) is 76.0 cm³/mol. The first-order valence-corrected chi connectivity index (χ1v) is 7.23. The highest BCUT2D eigenvalue weighted by molar-refractivity contribution is 7.10. The molecular formula is C14H19N3S. The van der Waals surface area contributed by atoms with Crippen LogP contribution in [0.5, 0.6) is 0 Å². The Morgan fingerprint density at radius 2 is 2.28 bits per heavy atom. The van der Waals surface area contributed by atoms with Crippen LogP contribution in [0.4, 0.5) is 0 Å². The third kappa shape index (κ3) is 2.11. The molecule has 1 unspecified atom stereocenters. The van der Waals surface area contributed by atoms with E-state index in [1.807, 2.05) is 11.3 Å². The zero-order chi connectivity index (χ0) is 12.5. The second-order valence-corrected chi connectivity index (χ2v) is 6.02. The fourth-order valence-electron chi connectivity index (χ4n) is 2.64. The van der Waals surface area contributed by atoms with Crippen LogP contribution in [-0.4, -0.2) is 30.1 Å². The van der Waals surface area contributed by atoms with Crippen molar-refractivity contribution in [1.29, 1.82) is 0 Å². The summed E-state index contributed by atoms with van der Waals surface area (Å²) in [5.74, 6) is 0. The average molecular weight is 261 g/mol. The molecule has 2 aromatic rings. The summed E-state index contributed by atoms with van der Waals surface area (Å²) in [6.45, 7) is 3.13. The number of nitrogens with zero attached hydrogens (tertiary/aromatic N) is 2. The normalized spacial score (nSPS) is 19.2. The molecule has 0 amide bonds. The molecule has 0 spiro atoms. The number of rotatable bonds is 3. The average Bonchev–Trinajstić information content (AvgIpc) is 2.98. The highest BCUT2D eigenvalue weighted by Gasteiger charge is 2.23. The largest absolute Gasteiger partial charge is 0.344 e. The van der Waals surface area contributed by atoms with Crippen molar-refractivity contribution in [3.63, 3.8) is 0 Å². The zero-order valence-corrected chi connectivity index (χ0v) is 11.7. The van der Waals surface area contributed by atoms with E-state index in [9.17, 15) is 0 Å². The van der Waals surface area contributed by atoms with Gasteiger partial charge in [0.15, 0.2) is 0 Å². The van der Waals surface area contributed by atoms with Gasteiger partial charge in [0.05, 0.1) is 6.04 Å². The first kappa shape index (κ1) is 12.0. The molecule has 0 saturated heterocycles. The van der Waals surface area contributed by atoms with Crippen molar-refractivity contribution in [3.05, 3.63) is 45.9 Å². The number of hydrogen-bond acceptors (Lipinski definition) is 3. The van der Waals surface area contributed by atoms with E-state index in [0.717, 1.165) is 19.6 Å². The highest BCUT2D eigenvalue weighted by atomic mass is 32.1. The maximum atomic E-state index is 3.62. The lowest BCUT2D eigenvalue weighted by atomic mass is 10.1. The summed E-state index contributed by atoms with van der Waals surface area (Å²) in [5, 5.41) is 5.77. The molecule has 0 bridgehead atoms. The maximum absolute atomic E-state index is 3.62. The number of aromatic nitrogens is 1. The Labute approximate surface area is 112 Å². The van der Waals surface area contributed by atoms with Crippen LogP contribution in [0.1, 0.15) is 22.3 Å². The van der Waals surface area contributed by atoms with Crippen molar-refractivity contribution in [3.8, 4) is 0 Å². The molecule has 96 valence electrons. The van der Waals surface area contributed by atoms with Crippen molar-refractivity contribution in [2.24, 2.45) is 0 Å². The summed E-state index contributed by atoms with van der Waals surface area (Å²) in [7, 11) is 4.25. The third-order valence-electron chi connectivity index (χ3n) is 3.39. The molecule has 1 atom stereocenters. The van der Waals surface area contributed by atoms with Crippen LogP contribution in [0, 0.1) is 0 Å². The zero-order valence-electron chi connectivity index (χ0n) is 10.9. The van der Waals surface area contributed by atoms with E-state index in [2.05, 4.69) is 58.5 Å². The molecule has 3 nitrogen and oxygen atoms in total. The fraction of sp³-hybridized carbons (Fsp3) is 0.429. The molecule has 0 aromatic carbocycles. The van der Waals surface area contributed by atoms with Gasteiger partial charge in [0.25, 0.3) is 0 Å². The molecule has 3 rings (SSSR count). The maximum Gasteiger partial charge on any atom is 0.0825 e. The monoisotopic (exact) mass is 261 g/mol. The lowest BCUT2D eigenvalue weighted by molar-refractivity contribution is 0.374. The van der Waals surface area contributed by atoms with Gasteiger partial charge < -0.3 is 14.8 Å². The molecule has 2 aromatic heterocycles. The SMILES string of the molecule is CN(C)Cc1ccc2n1CCNC2c1cccs1. The minimum atomic E-state index is 0.370. The molecule has 1 aliphatic rings.